The summed E-state index contributed by atoms with van der Waals surface area (Å²) in [6, 6.07) is 7.40. The Morgan fingerprint density at radius 2 is 2.15 bits per heavy atom. The summed E-state index contributed by atoms with van der Waals surface area (Å²) >= 11 is 7.40. The summed E-state index contributed by atoms with van der Waals surface area (Å²) < 4.78 is 0. The largest absolute Gasteiger partial charge is 0.351 e. The predicted molar refractivity (Wildman–Crippen MR) is 135 cm³/mol. The van der Waals surface area contributed by atoms with Gasteiger partial charge >= 0.3 is 6.03 Å². The van der Waals surface area contributed by atoms with Gasteiger partial charge in [-0.25, -0.2) is 9.78 Å². The number of likely N-dealkylation sites (tertiary alicyclic amines) is 1. The molecular weight excluding hydrogens is 458 g/mol. The first-order valence-electron chi connectivity index (χ1n) is 11.6. The second-order valence-corrected chi connectivity index (χ2v) is 10.2. The highest BCUT2D eigenvalue weighted by Crippen LogP contribution is 2.19. The number of nitrogens with zero attached hydrogens (tertiary/aromatic N) is 3. The molecule has 7 nitrogen and oxygen atoms in total. The van der Waals surface area contributed by atoms with E-state index in [0.717, 1.165) is 24.5 Å². The molecule has 1 aromatic heterocycles. The lowest BCUT2D eigenvalue weighted by atomic mass is 10.0. The Kier molecular flexibility index (Phi) is 9.52. The fraction of sp³-hybridized carbons (Fsp3) is 0.542. The number of aromatic nitrogens is 1. The van der Waals surface area contributed by atoms with Crippen LogP contribution in [0.15, 0.2) is 29.6 Å². The van der Waals surface area contributed by atoms with Gasteiger partial charge in [0.25, 0.3) is 5.91 Å². The van der Waals surface area contributed by atoms with Gasteiger partial charge in [0.2, 0.25) is 0 Å². The van der Waals surface area contributed by atoms with Crippen molar-refractivity contribution in [1.82, 2.24) is 20.1 Å². The summed E-state index contributed by atoms with van der Waals surface area (Å²) in [6.45, 7) is 9.30. The summed E-state index contributed by atoms with van der Waals surface area (Å²) in [6.07, 6.45) is 4.77. The van der Waals surface area contributed by atoms with Gasteiger partial charge in [0.15, 0.2) is 0 Å². The number of hydrogen-bond acceptors (Lipinski definition) is 5. The molecule has 2 heterocycles. The van der Waals surface area contributed by atoms with Gasteiger partial charge < -0.3 is 20.4 Å². The van der Waals surface area contributed by atoms with E-state index in [2.05, 4.69) is 27.4 Å². The fourth-order valence-corrected chi connectivity index (χ4v) is 4.91. The maximum Gasteiger partial charge on any atom is 0.322 e. The Labute approximate surface area is 205 Å². The SMILES string of the molecule is CC1CCCCN1CCCNC(=O)c1csc(CN(C(=O)Nc2cccc(Cl)c2)C(C)C)n1. The van der Waals surface area contributed by atoms with E-state index in [-0.39, 0.29) is 18.0 Å². The molecule has 0 bridgehead atoms. The molecule has 0 aliphatic carbocycles. The third-order valence-corrected chi connectivity index (χ3v) is 6.97. The Balaban J connectivity index is 1.49. The standard InChI is InChI=1S/C24H34ClN5O2S/c1-17(2)30(24(32)27-20-10-6-9-19(25)14-20)15-22-28-21(16-33-22)23(31)26-11-7-13-29-12-5-4-8-18(29)3/h6,9-10,14,16-18H,4-5,7-8,11-13,15H2,1-3H3,(H,26,31)(H,27,32). The first-order chi connectivity index (χ1) is 15.8. The molecule has 0 saturated carbocycles. The Bertz CT molecular complexity index is 935. The fourth-order valence-electron chi connectivity index (χ4n) is 3.95. The van der Waals surface area contributed by atoms with E-state index in [9.17, 15) is 9.59 Å². The monoisotopic (exact) mass is 491 g/mol. The lowest BCUT2D eigenvalue weighted by Gasteiger charge is -2.33. The van der Waals surface area contributed by atoms with Crippen LogP contribution in [-0.4, -0.2) is 58.4 Å². The molecule has 1 unspecified atom stereocenters. The Hall–Kier alpha value is -2.16. The number of halogens is 1. The van der Waals surface area contributed by atoms with E-state index < -0.39 is 0 Å². The second kappa shape index (κ2) is 12.3. The van der Waals surface area contributed by atoms with Crippen molar-refractivity contribution in [3.05, 3.63) is 45.4 Å². The molecule has 1 saturated heterocycles. The predicted octanol–water partition coefficient (Wildman–Crippen LogP) is 5.23. The van der Waals surface area contributed by atoms with Gasteiger partial charge in [0.1, 0.15) is 10.7 Å². The minimum atomic E-state index is -0.236. The number of carbonyl (C=O) groups is 2. The van der Waals surface area contributed by atoms with Crippen molar-refractivity contribution in [2.45, 2.75) is 65.1 Å². The number of amides is 3. The summed E-state index contributed by atoms with van der Waals surface area (Å²) in [7, 11) is 0. The molecule has 3 rings (SSSR count). The molecule has 1 aromatic carbocycles. The molecule has 2 aromatic rings. The zero-order chi connectivity index (χ0) is 23.8. The average Bonchev–Trinajstić information content (AvgIpc) is 3.24. The van der Waals surface area contributed by atoms with Crippen molar-refractivity contribution in [3.8, 4) is 0 Å². The van der Waals surface area contributed by atoms with Crippen LogP contribution < -0.4 is 10.6 Å². The molecule has 1 aliphatic rings. The molecule has 1 fully saturated rings. The number of piperidine rings is 1. The Morgan fingerprint density at radius 3 is 2.88 bits per heavy atom. The summed E-state index contributed by atoms with van der Waals surface area (Å²) in [5.74, 6) is -0.163. The third kappa shape index (κ3) is 7.69. The van der Waals surface area contributed by atoms with Gasteiger partial charge in [-0.1, -0.05) is 24.1 Å². The van der Waals surface area contributed by atoms with E-state index in [1.165, 1.54) is 30.6 Å². The highest BCUT2D eigenvalue weighted by molar-refractivity contribution is 7.09. The van der Waals surface area contributed by atoms with E-state index in [0.29, 0.717) is 35.5 Å². The van der Waals surface area contributed by atoms with E-state index in [1.807, 2.05) is 13.8 Å². The topological polar surface area (TPSA) is 77.6 Å². The van der Waals surface area contributed by atoms with Crippen LogP contribution in [0.1, 0.15) is 62.0 Å². The van der Waals surface area contributed by atoms with E-state index in [4.69, 9.17) is 11.6 Å². The van der Waals surface area contributed by atoms with Crippen LogP contribution in [0.4, 0.5) is 10.5 Å². The first kappa shape index (κ1) is 25.5. The number of nitrogens with one attached hydrogen (secondary N) is 2. The summed E-state index contributed by atoms with van der Waals surface area (Å²) in [4.78, 5) is 34.0. The molecule has 0 spiro atoms. The lowest BCUT2D eigenvalue weighted by Crippen LogP contribution is -2.39. The van der Waals surface area contributed by atoms with Crippen molar-refractivity contribution >= 4 is 40.6 Å². The van der Waals surface area contributed by atoms with Crippen LogP contribution in [0.25, 0.3) is 0 Å². The first-order valence-corrected chi connectivity index (χ1v) is 12.9. The van der Waals surface area contributed by atoms with Gasteiger partial charge in [0, 0.05) is 41.3 Å². The quantitative estimate of drug-likeness (QED) is 0.470. The van der Waals surface area contributed by atoms with Crippen molar-refractivity contribution < 1.29 is 9.59 Å². The van der Waals surface area contributed by atoms with Crippen LogP contribution in [0.5, 0.6) is 0 Å². The molecule has 3 amide bonds. The van der Waals surface area contributed by atoms with Crippen LogP contribution in [0.2, 0.25) is 5.02 Å². The minimum Gasteiger partial charge on any atom is -0.351 e. The molecule has 180 valence electrons. The molecule has 2 N–H and O–H groups in total. The second-order valence-electron chi connectivity index (χ2n) is 8.78. The number of benzene rings is 1. The molecule has 33 heavy (non-hydrogen) atoms. The number of hydrogen-bond donors (Lipinski definition) is 2. The van der Waals surface area contributed by atoms with Gasteiger partial charge in [-0.05, 0) is 64.8 Å². The van der Waals surface area contributed by atoms with E-state index in [1.54, 1.807) is 34.5 Å². The molecule has 1 aliphatic heterocycles. The summed E-state index contributed by atoms with van der Waals surface area (Å²) in [5.41, 5.74) is 1.04. The van der Waals surface area contributed by atoms with Crippen LogP contribution in [0, 0.1) is 0 Å². The van der Waals surface area contributed by atoms with Crippen molar-refractivity contribution in [3.63, 3.8) is 0 Å². The number of rotatable bonds is 9. The van der Waals surface area contributed by atoms with Crippen molar-refractivity contribution in [2.75, 3.05) is 25.0 Å². The zero-order valence-corrected chi connectivity index (χ0v) is 21.2. The molecule has 0 radical (unpaired) electrons. The van der Waals surface area contributed by atoms with Crippen LogP contribution in [0.3, 0.4) is 0 Å². The van der Waals surface area contributed by atoms with Gasteiger partial charge in [0.05, 0.1) is 6.54 Å². The third-order valence-electron chi connectivity index (χ3n) is 5.90. The number of carbonyl (C=O) groups excluding carboxylic acids is 2. The maximum absolute atomic E-state index is 12.8. The van der Waals surface area contributed by atoms with Crippen molar-refractivity contribution in [1.29, 1.82) is 0 Å². The smallest absolute Gasteiger partial charge is 0.322 e. The van der Waals surface area contributed by atoms with Crippen LogP contribution >= 0.6 is 22.9 Å². The number of thiazole rings is 1. The van der Waals surface area contributed by atoms with Gasteiger partial charge in [-0.15, -0.1) is 11.3 Å². The van der Waals surface area contributed by atoms with Crippen LogP contribution in [-0.2, 0) is 6.54 Å². The number of anilines is 1. The van der Waals surface area contributed by atoms with Gasteiger partial charge in [-0.3, -0.25) is 4.79 Å². The van der Waals surface area contributed by atoms with Gasteiger partial charge in [-0.2, -0.15) is 0 Å². The molecule has 9 heteroatoms. The summed E-state index contributed by atoms with van der Waals surface area (Å²) in [5, 5.41) is 8.89. The van der Waals surface area contributed by atoms with Crippen molar-refractivity contribution in [2.24, 2.45) is 0 Å². The normalized spacial score (nSPS) is 16.6. The van der Waals surface area contributed by atoms with E-state index >= 15 is 0 Å². The highest BCUT2D eigenvalue weighted by atomic mass is 35.5. The molecular formula is C24H34ClN5O2S. The molecule has 1 atom stereocenters. The Morgan fingerprint density at radius 1 is 1.33 bits per heavy atom. The highest BCUT2D eigenvalue weighted by Gasteiger charge is 2.21. The minimum absolute atomic E-state index is 0.0393. The zero-order valence-electron chi connectivity index (χ0n) is 19.6. The lowest BCUT2D eigenvalue weighted by molar-refractivity contribution is 0.0944. The number of urea groups is 1. The maximum atomic E-state index is 12.8. The average molecular weight is 492 g/mol.